The Hall–Kier alpha value is -1.74. The highest BCUT2D eigenvalue weighted by Gasteiger charge is 2.12. The van der Waals surface area contributed by atoms with Crippen LogP contribution in [0.25, 0.3) is 0 Å². The number of rotatable bonds is 3. The van der Waals surface area contributed by atoms with Crippen molar-refractivity contribution in [1.29, 1.82) is 0 Å². The number of ketones is 1. The fraction of sp³-hybridized carbons (Fsp3) is 0.235. The van der Waals surface area contributed by atoms with Crippen LogP contribution in [0.15, 0.2) is 46.2 Å². The summed E-state index contributed by atoms with van der Waals surface area (Å²) in [4.78, 5) is 13.7. The van der Waals surface area contributed by atoms with Crippen LogP contribution in [-0.4, -0.2) is 5.78 Å². The molecule has 0 atom stereocenters. The zero-order chi connectivity index (χ0) is 14.1. The smallest absolute Gasteiger partial charge is 0.161 e. The maximum absolute atomic E-state index is 11.4. The van der Waals surface area contributed by atoms with Gasteiger partial charge in [0.25, 0.3) is 0 Å². The molecule has 2 nitrogen and oxygen atoms in total. The maximum atomic E-state index is 11.4. The first kappa shape index (κ1) is 13.3. The van der Waals surface area contributed by atoms with Crippen molar-refractivity contribution in [3.05, 3.63) is 53.1 Å². The molecule has 0 amide bonds. The Kier molecular flexibility index (Phi) is 3.53. The highest BCUT2D eigenvalue weighted by atomic mass is 32.2. The summed E-state index contributed by atoms with van der Waals surface area (Å²) in [5, 5.41) is 0. The van der Waals surface area contributed by atoms with Gasteiger partial charge in [-0.05, 0) is 67.6 Å². The molecule has 0 heterocycles. The summed E-state index contributed by atoms with van der Waals surface area (Å²) in [6.07, 6.45) is 3.67. The molecule has 0 saturated carbocycles. The number of fused-ring (bicyclic) bond motifs is 1. The van der Waals surface area contributed by atoms with Gasteiger partial charge in [0.05, 0.1) is 0 Å². The van der Waals surface area contributed by atoms with E-state index in [1.165, 1.54) is 35.3 Å². The molecule has 0 radical (unpaired) electrons. The standard InChI is InChI=1S/C17H17NOS/c1-11(19)16-8-7-15(10-17(16)18)20-14-6-5-12-3-2-4-13(12)9-14/h5-10H,2-4,18H2,1H3. The van der Waals surface area contributed by atoms with E-state index in [2.05, 4.69) is 18.2 Å². The van der Waals surface area contributed by atoms with Gasteiger partial charge >= 0.3 is 0 Å². The summed E-state index contributed by atoms with van der Waals surface area (Å²) >= 11 is 1.70. The first-order valence-corrected chi connectivity index (χ1v) is 7.65. The van der Waals surface area contributed by atoms with E-state index in [1.54, 1.807) is 18.7 Å². The summed E-state index contributed by atoms with van der Waals surface area (Å²) in [7, 11) is 0. The lowest BCUT2D eigenvalue weighted by Crippen LogP contribution is -1.99. The largest absolute Gasteiger partial charge is 0.398 e. The van der Waals surface area contributed by atoms with E-state index < -0.39 is 0 Å². The van der Waals surface area contributed by atoms with Gasteiger partial charge in [-0.25, -0.2) is 0 Å². The summed E-state index contributed by atoms with van der Waals surface area (Å²) in [5.74, 6) is 0.0107. The third-order valence-electron chi connectivity index (χ3n) is 3.71. The van der Waals surface area contributed by atoms with Crippen LogP contribution in [0.1, 0.15) is 34.8 Å². The van der Waals surface area contributed by atoms with Gasteiger partial charge in [-0.1, -0.05) is 17.8 Å². The van der Waals surface area contributed by atoms with Crippen LogP contribution >= 0.6 is 11.8 Å². The van der Waals surface area contributed by atoms with Crippen LogP contribution in [0.5, 0.6) is 0 Å². The van der Waals surface area contributed by atoms with Crippen molar-refractivity contribution in [2.75, 3.05) is 5.73 Å². The lowest BCUT2D eigenvalue weighted by molar-refractivity contribution is 0.101. The number of benzene rings is 2. The van der Waals surface area contributed by atoms with Gasteiger partial charge in [-0.15, -0.1) is 0 Å². The molecule has 1 aliphatic carbocycles. The molecule has 3 heteroatoms. The Bertz CT molecular complexity index is 679. The van der Waals surface area contributed by atoms with Crippen molar-refractivity contribution in [3.8, 4) is 0 Å². The first-order valence-electron chi connectivity index (χ1n) is 6.83. The number of carbonyl (C=O) groups excluding carboxylic acids is 1. The lowest BCUT2D eigenvalue weighted by atomic mass is 10.1. The van der Waals surface area contributed by atoms with Crippen LogP contribution in [0, 0.1) is 0 Å². The summed E-state index contributed by atoms with van der Waals surface area (Å²) in [6.45, 7) is 1.54. The molecule has 2 aromatic rings. The monoisotopic (exact) mass is 283 g/mol. The van der Waals surface area contributed by atoms with Crippen LogP contribution in [0.3, 0.4) is 0 Å². The minimum atomic E-state index is 0.0107. The van der Waals surface area contributed by atoms with E-state index in [0.29, 0.717) is 11.3 Å². The number of aryl methyl sites for hydroxylation is 2. The van der Waals surface area contributed by atoms with Crippen molar-refractivity contribution in [3.63, 3.8) is 0 Å². The molecule has 3 rings (SSSR count). The van der Waals surface area contributed by atoms with E-state index in [4.69, 9.17) is 5.73 Å². The zero-order valence-corrected chi connectivity index (χ0v) is 12.3. The minimum absolute atomic E-state index is 0.0107. The fourth-order valence-corrected chi connectivity index (χ4v) is 3.60. The fourth-order valence-electron chi connectivity index (χ4n) is 2.67. The second-order valence-corrected chi connectivity index (χ2v) is 6.34. The average molecular weight is 283 g/mol. The van der Waals surface area contributed by atoms with Crippen molar-refractivity contribution >= 4 is 23.2 Å². The molecule has 0 fully saturated rings. The molecule has 102 valence electrons. The molecule has 0 aliphatic heterocycles. The van der Waals surface area contributed by atoms with Gasteiger partial charge in [0.2, 0.25) is 0 Å². The summed E-state index contributed by atoms with van der Waals surface area (Å²) in [5.41, 5.74) is 10.1. The number of nitrogens with two attached hydrogens (primary N) is 1. The quantitative estimate of drug-likeness (QED) is 0.681. The molecule has 2 N–H and O–H groups in total. The van der Waals surface area contributed by atoms with Crippen molar-refractivity contribution in [2.45, 2.75) is 36.0 Å². The highest BCUT2D eigenvalue weighted by Crippen LogP contribution is 2.33. The Morgan fingerprint density at radius 3 is 2.50 bits per heavy atom. The molecule has 20 heavy (non-hydrogen) atoms. The number of nitrogen functional groups attached to an aromatic ring is 1. The Balaban J connectivity index is 1.84. The topological polar surface area (TPSA) is 43.1 Å². The molecular weight excluding hydrogens is 266 g/mol. The number of carbonyl (C=O) groups is 1. The number of Topliss-reactive ketones (excluding diaryl/α,β-unsaturated/α-hetero) is 1. The SMILES string of the molecule is CC(=O)c1ccc(Sc2ccc3c(c2)CCC3)cc1N. The van der Waals surface area contributed by atoms with Gasteiger partial charge in [0.1, 0.15) is 0 Å². The second-order valence-electron chi connectivity index (χ2n) is 5.19. The van der Waals surface area contributed by atoms with Gasteiger partial charge in [0, 0.05) is 21.0 Å². The molecule has 0 unspecified atom stereocenters. The molecule has 0 saturated heterocycles. The third-order valence-corrected chi connectivity index (χ3v) is 4.69. The van der Waals surface area contributed by atoms with Gasteiger partial charge < -0.3 is 5.73 Å². The predicted octanol–water partition coefficient (Wildman–Crippen LogP) is 4.11. The Labute approximate surface area is 123 Å². The normalized spacial score (nSPS) is 13.2. The Morgan fingerprint density at radius 1 is 1.05 bits per heavy atom. The van der Waals surface area contributed by atoms with Crippen LogP contribution in [0.2, 0.25) is 0 Å². The van der Waals surface area contributed by atoms with E-state index in [1.807, 2.05) is 18.2 Å². The molecular formula is C17H17NOS. The molecule has 0 bridgehead atoms. The third kappa shape index (κ3) is 2.59. The average Bonchev–Trinajstić information content (AvgIpc) is 2.85. The van der Waals surface area contributed by atoms with Crippen molar-refractivity contribution in [2.24, 2.45) is 0 Å². The van der Waals surface area contributed by atoms with Crippen LogP contribution in [-0.2, 0) is 12.8 Å². The van der Waals surface area contributed by atoms with E-state index >= 15 is 0 Å². The Morgan fingerprint density at radius 2 is 1.75 bits per heavy atom. The van der Waals surface area contributed by atoms with Gasteiger partial charge in [-0.2, -0.15) is 0 Å². The van der Waals surface area contributed by atoms with E-state index in [-0.39, 0.29) is 5.78 Å². The molecule has 1 aliphatic rings. The molecule has 0 aromatic heterocycles. The van der Waals surface area contributed by atoms with Gasteiger partial charge in [-0.3, -0.25) is 4.79 Å². The minimum Gasteiger partial charge on any atom is -0.398 e. The molecule has 2 aromatic carbocycles. The van der Waals surface area contributed by atoms with E-state index in [9.17, 15) is 4.79 Å². The van der Waals surface area contributed by atoms with Crippen LogP contribution < -0.4 is 5.73 Å². The second kappa shape index (κ2) is 5.33. The predicted molar refractivity (Wildman–Crippen MR) is 83.4 cm³/mol. The van der Waals surface area contributed by atoms with Crippen molar-refractivity contribution in [1.82, 2.24) is 0 Å². The van der Waals surface area contributed by atoms with Gasteiger partial charge in [0.15, 0.2) is 5.78 Å². The first-order chi connectivity index (χ1) is 9.63. The summed E-state index contributed by atoms with van der Waals surface area (Å²) in [6, 6.07) is 12.3. The zero-order valence-electron chi connectivity index (χ0n) is 11.5. The lowest BCUT2D eigenvalue weighted by Gasteiger charge is -2.07. The van der Waals surface area contributed by atoms with E-state index in [0.717, 1.165) is 4.90 Å². The molecule has 0 spiro atoms. The number of hydrogen-bond acceptors (Lipinski definition) is 3. The number of hydrogen-bond donors (Lipinski definition) is 1. The van der Waals surface area contributed by atoms with Crippen molar-refractivity contribution < 1.29 is 4.79 Å². The maximum Gasteiger partial charge on any atom is 0.161 e. The highest BCUT2D eigenvalue weighted by molar-refractivity contribution is 7.99. The van der Waals surface area contributed by atoms with Crippen LogP contribution in [0.4, 0.5) is 5.69 Å². The summed E-state index contributed by atoms with van der Waals surface area (Å²) < 4.78 is 0. The number of anilines is 1.